The minimum absolute atomic E-state index is 0.144. The van der Waals surface area contributed by atoms with E-state index in [1.165, 1.54) is 0 Å². The summed E-state index contributed by atoms with van der Waals surface area (Å²) < 4.78 is 0. The smallest absolute Gasteiger partial charge is 0.134 e. The summed E-state index contributed by atoms with van der Waals surface area (Å²) in [6.45, 7) is 24.5. The molecule has 0 saturated carbocycles. The van der Waals surface area contributed by atoms with Gasteiger partial charge in [0, 0.05) is 11.8 Å². The molecule has 0 aliphatic carbocycles. The van der Waals surface area contributed by atoms with Crippen LogP contribution in [0.5, 0.6) is 0 Å². The molecule has 0 saturated heterocycles. The Bertz CT molecular complexity index is 474. The Balaban J connectivity index is -0.000000535. The zero-order valence-electron chi connectivity index (χ0n) is 15.3. The highest BCUT2D eigenvalue weighted by atomic mass is 16.3. The summed E-state index contributed by atoms with van der Waals surface area (Å²) in [7, 11) is 0. The molecule has 1 aromatic heterocycles. The van der Waals surface area contributed by atoms with Crippen molar-refractivity contribution in [3.05, 3.63) is 60.3 Å². The molecule has 0 unspecified atom stereocenters. The second-order valence-electron chi connectivity index (χ2n) is 3.24. The van der Waals surface area contributed by atoms with Crippen molar-refractivity contribution in [1.82, 2.24) is 4.98 Å². The van der Waals surface area contributed by atoms with Crippen LogP contribution in [0.1, 0.15) is 52.8 Å². The van der Waals surface area contributed by atoms with Crippen LogP contribution < -0.4 is 0 Å². The predicted molar refractivity (Wildman–Crippen MR) is 101 cm³/mol. The fourth-order valence-electron chi connectivity index (χ4n) is 1.41. The number of allylic oxidation sites excluding steroid dienone is 2. The lowest BCUT2D eigenvalue weighted by molar-refractivity contribution is 0.426. The van der Waals surface area contributed by atoms with Gasteiger partial charge in [-0.05, 0) is 25.3 Å². The third kappa shape index (κ3) is 8.20. The number of pyridine rings is 1. The van der Waals surface area contributed by atoms with Crippen molar-refractivity contribution in [2.75, 3.05) is 0 Å². The number of nitrogens with zero attached hydrogens (tertiary/aromatic N) is 2. The van der Waals surface area contributed by atoms with E-state index in [0.717, 1.165) is 11.3 Å². The van der Waals surface area contributed by atoms with Crippen LogP contribution in [0.3, 0.4) is 0 Å². The van der Waals surface area contributed by atoms with Gasteiger partial charge in [0.15, 0.2) is 0 Å². The van der Waals surface area contributed by atoms with Gasteiger partial charge in [-0.25, -0.2) is 0 Å². The van der Waals surface area contributed by atoms with E-state index in [9.17, 15) is 5.11 Å². The lowest BCUT2D eigenvalue weighted by Gasteiger charge is -2.08. The first-order chi connectivity index (χ1) is 10.6. The van der Waals surface area contributed by atoms with Crippen LogP contribution in [0.25, 0.3) is 5.57 Å². The lowest BCUT2D eigenvalue weighted by atomic mass is 10.0. The maximum Gasteiger partial charge on any atom is 0.134 e. The normalized spacial score (nSPS) is 9.23. The van der Waals surface area contributed by atoms with E-state index in [0.29, 0.717) is 11.3 Å². The average molecular weight is 304 g/mol. The number of aliphatic hydroxyl groups is 1. The van der Waals surface area contributed by atoms with Gasteiger partial charge in [-0.1, -0.05) is 66.8 Å². The zero-order valence-corrected chi connectivity index (χ0v) is 15.3. The molecule has 22 heavy (non-hydrogen) atoms. The van der Waals surface area contributed by atoms with Gasteiger partial charge in [-0.3, -0.25) is 9.98 Å². The monoisotopic (exact) mass is 304 g/mol. The van der Waals surface area contributed by atoms with Crippen molar-refractivity contribution < 1.29 is 5.11 Å². The van der Waals surface area contributed by atoms with E-state index in [1.54, 1.807) is 12.3 Å². The van der Waals surface area contributed by atoms with Crippen LogP contribution in [0.2, 0.25) is 0 Å². The molecular weight excluding hydrogens is 272 g/mol. The highest BCUT2D eigenvalue weighted by Crippen LogP contribution is 2.24. The molecule has 0 aliphatic heterocycles. The third-order valence-electron chi connectivity index (χ3n) is 2.16. The average Bonchev–Trinajstić information content (AvgIpc) is 2.58. The molecule has 0 fully saturated rings. The standard InChI is InChI=1S/C13H14N2O.3C2H6/c1-5-11(13(14-4)10(3)16)12-9(2)7-6-8-15-12;3*1-2/h5-8,16H,1,3-4H2,2H3;3*1-2H3/b13-11+;;;. The summed E-state index contributed by atoms with van der Waals surface area (Å²) in [5.74, 6) is -0.144. The molecule has 3 heteroatoms. The van der Waals surface area contributed by atoms with Crippen molar-refractivity contribution in [3.8, 4) is 0 Å². The molecule has 3 nitrogen and oxygen atoms in total. The number of aryl methyl sites for hydroxylation is 1. The molecule has 124 valence electrons. The van der Waals surface area contributed by atoms with E-state index < -0.39 is 0 Å². The van der Waals surface area contributed by atoms with Gasteiger partial charge in [0.1, 0.15) is 11.5 Å². The van der Waals surface area contributed by atoms with Crippen LogP contribution in [0.4, 0.5) is 0 Å². The summed E-state index contributed by atoms with van der Waals surface area (Å²) in [6, 6.07) is 3.76. The van der Waals surface area contributed by atoms with Gasteiger partial charge in [0.05, 0.1) is 5.69 Å². The van der Waals surface area contributed by atoms with Gasteiger partial charge >= 0.3 is 0 Å². The van der Waals surface area contributed by atoms with Crippen LogP contribution in [0.15, 0.2) is 54.0 Å². The molecule has 1 rings (SSSR count). The van der Waals surface area contributed by atoms with Gasteiger partial charge in [0.25, 0.3) is 0 Å². The van der Waals surface area contributed by atoms with E-state index in [4.69, 9.17) is 0 Å². The van der Waals surface area contributed by atoms with Crippen LogP contribution in [-0.4, -0.2) is 16.8 Å². The van der Waals surface area contributed by atoms with Crippen molar-refractivity contribution in [3.63, 3.8) is 0 Å². The Labute approximate surface area is 136 Å². The Morgan fingerprint density at radius 2 is 1.68 bits per heavy atom. The van der Waals surface area contributed by atoms with Crippen molar-refractivity contribution in [2.24, 2.45) is 4.99 Å². The first-order valence-corrected chi connectivity index (χ1v) is 7.75. The molecule has 0 bridgehead atoms. The minimum atomic E-state index is -0.144. The molecule has 0 amide bonds. The van der Waals surface area contributed by atoms with Gasteiger partial charge in [0.2, 0.25) is 0 Å². The van der Waals surface area contributed by atoms with Gasteiger partial charge < -0.3 is 5.11 Å². The summed E-state index contributed by atoms with van der Waals surface area (Å²) in [5.41, 5.74) is 2.62. The topological polar surface area (TPSA) is 45.5 Å². The Hall–Kier alpha value is -2.16. The van der Waals surface area contributed by atoms with E-state index in [1.807, 2.05) is 60.6 Å². The number of rotatable bonds is 4. The number of hydrogen-bond donors (Lipinski definition) is 1. The summed E-state index contributed by atoms with van der Waals surface area (Å²) in [6.07, 6.45) is 3.26. The molecule has 0 radical (unpaired) electrons. The maximum absolute atomic E-state index is 9.40. The van der Waals surface area contributed by atoms with Crippen LogP contribution >= 0.6 is 0 Å². The fraction of sp³-hybridized carbons (Fsp3) is 0.368. The predicted octanol–water partition coefficient (Wildman–Crippen LogP) is 6.14. The second kappa shape index (κ2) is 16.9. The molecule has 0 aromatic carbocycles. The van der Waals surface area contributed by atoms with E-state index >= 15 is 0 Å². The Morgan fingerprint density at radius 1 is 1.18 bits per heavy atom. The lowest BCUT2D eigenvalue weighted by Crippen LogP contribution is -1.96. The minimum Gasteiger partial charge on any atom is -0.506 e. The quantitative estimate of drug-likeness (QED) is 0.412. The van der Waals surface area contributed by atoms with Crippen molar-refractivity contribution in [1.29, 1.82) is 0 Å². The fourth-order valence-corrected chi connectivity index (χ4v) is 1.41. The third-order valence-corrected chi connectivity index (χ3v) is 2.16. The number of aliphatic imine (C=N–C) groups is 1. The Morgan fingerprint density at radius 3 is 2.00 bits per heavy atom. The number of aliphatic hydroxyl groups excluding tert-OH is 1. The second-order valence-corrected chi connectivity index (χ2v) is 3.24. The number of hydrogen-bond acceptors (Lipinski definition) is 3. The van der Waals surface area contributed by atoms with E-state index in [-0.39, 0.29) is 5.76 Å². The Kier molecular flexibility index (Phi) is 19.1. The highest BCUT2D eigenvalue weighted by Gasteiger charge is 2.10. The van der Waals surface area contributed by atoms with Crippen LogP contribution in [-0.2, 0) is 0 Å². The van der Waals surface area contributed by atoms with Gasteiger partial charge in [-0.2, -0.15) is 0 Å². The summed E-state index contributed by atoms with van der Waals surface area (Å²) in [4.78, 5) is 7.98. The van der Waals surface area contributed by atoms with Crippen molar-refractivity contribution >= 4 is 12.3 Å². The molecule has 0 aliphatic rings. The molecular formula is C19H32N2O. The number of aromatic nitrogens is 1. The van der Waals surface area contributed by atoms with Crippen LogP contribution in [0, 0.1) is 6.92 Å². The molecule has 0 atom stereocenters. The first kappa shape index (κ1) is 24.8. The highest BCUT2D eigenvalue weighted by molar-refractivity contribution is 5.78. The summed E-state index contributed by atoms with van der Waals surface area (Å²) >= 11 is 0. The molecule has 0 spiro atoms. The largest absolute Gasteiger partial charge is 0.506 e. The van der Waals surface area contributed by atoms with Crippen molar-refractivity contribution in [2.45, 2.75) is 48.5 Å². The molecule has 1 heterocycles. The van der Waals surface area contributed by atoms with E-state index in [2.05, 4.69) is 29.9 Å². The molecule has 1 N–H and O–H groups in total. The maximum atomic E-state index is 9.40. The first-order valence-electron chi connectivity index (χ1n) is 7.75. The zero-order chi connectivity index (χ0) is 18.1. The summed E-state index contributed by atoms with van der Waals surface area (Å²) in [5, 5.41) is 9.40. The van der Waals surface area contributed by atoms with Gasteiger partial charge in [-0.15, -0.1) is 0 Å². The SMILES string of the molecule is C=C/C(=C(\N=C)C(=C)O)c1ncccc1C.CC.CC.CC. The molecule has 1 aromatic rings.